The van der Waals surface area contributed by atoms with Crippen LogP contribution in [0.15, 0.2) is 42.6 Å². The van der Waals surface area contributed by atoms with Crippen LogP contribution in [0.3, 0.4) is 0 Å². The Morgan fingerprint density at radius 2 is 1.79 bits per heavy atom. The van der Waals surface area contributed by atoms with E-state index in [2.05, 4.69) is 15.5 Å². The van der Waals surface area contributed by atoms with Gasteiger partial charge in [-0.25, -0.2) is 0 Å². The van der Waals surface area contributed by atoms with Crippen LogP contribution in [0.25, 0.3) is 10.9 Å². The molecule has 0 spiro atoms. The number of aromatic nitrogens is 2. The Balaban J connectivity index is 1.39. The van der Waals surface area contributed by atoms with E-state index in [1.54, 1.807) is 30.5 Å². The molecule has 0 atom stereocenters. The van der Waals surface area contributed by atoms with Crippen molar-refractivity contribution >= 4 is 34.3 Å². The van der Waals surface area contributed by atoms with Crippen molar-refractivity contribution in [2.45, 2.75) is 38.1 Å². The first kappa shape index (κ1) is 17.6. The molecule has 1 aliphatic heterocycles. The highest BCUT2D eigenvalue weighted by molar-refractivity contribution is 6.22. The first-order valence-corrected chi connectivity index (χ1v) is 9.88. The lowest BCUT2D eigenvalue weighted by atomic mass is 9.94. The van der Waals surface area contributed by atoms with Crippen molar-refractivity contribution in [3.63, 3.8) is 0 Å². The number of hydrogen-bond acceptors (Lipinski definition) is 4. The average Bonchev–Trinajstić information content (AvgIpc) is 3.31. The molecule has 1 aliphatic carbocycles. The van der Waals surface area contributed by atoms with E-state index in [4.69, 9.17) is 0 Å². The standard InChI is InChI=1S/C22H20N4O3/c27-20(24-15-8-6-14-12-23-25-19(14)11-15)13-7-9-17-18(10-13)22(29)26(21(17)28)16-4-2-1-3-5-16/h6-12,16H,1-5H2,(H,23,25)(H,24,27). The van der Waals surface area contributed by atoms with Crippen LogP contribution in [0.5, 0.6) is 0 Å². The van der Waals surface area contributed by atoms with Gasteiger partial charge in [0.2, 0.25) is 0 Å². The number of fused-ring (bicyclic) bond motifs is 2. The molecule has 0 saturated heterocycles. The maximum Gasteiger partial charge on any atom is 0.261 e. The van der Waals surface area contributed by atoms with Crippen LogP contribution in [0.1, 0.15) is 63.2 Å². The molecular weight excluding hydrogens is 368 g/mol. The number of benzene rings is 2. The molecule has 29 heavy (non-hydrogen) atoms. The van der Waals surface area contributed by atoms with Gasteiger partial charge in [-0.2, -0.15) is 5.10 Å². The van der Waals surface area contributed by atoms with E-state index >= 15 is 0 Å². The number of imide groups is 1. The molecule has 7 nitrogen and oxygen atoms in total. The van der Waals surface area contributed by atoms with Crippen molar-refractivity contribution in [3.05, 3.63) is 59.3 Å². The van der Waals surface area contributed by atoms with Gasteiger partial charge in [0, 0.05) is 22.7 Å². The zero-order valence-corrected chi connectivity index (χ0v) is 15.8. The van der Waals surface area contributed by atoms with Crippen molar-refractivity contribution in [3.8, 4) is 0 Å². The molecule has 1 aromatic heterocycles. The summed E-state index contributed by atoms with van der Waals surface area (Å²) < 4.78 is 0. The third-order valence-corrected chi connectivity index (χ3v) is 5.82. The van der Waals surface area contributed by atoms with Crippen LogP contribution in [0.2, 0.25) is 0 Å². The number of nitrogens with one attached hydrogen (secondary N) is 2. The van der Waals surface area contributed by atoms with Crippen molar-refractivity contribution in [2.24, 2.45) is 0 Å². The Hall–Kier alpha value is -3.48. The predicted molar refractivity (Wildman–Crippen MR) is 108 cm³/mol. The molecule has 2 aliphatic rings. The second-order valence-corrected chi connectivity index (χ2v) is 7.66. The molecule has 2 N–H and O–H groups in total. The topological polar surface area (TPSA) is 95.2 Å². The summed E-state index contributed by atoms with van der Waals surface area (Å²) in [5.41, 5.74) is 2.49. The molecule has 5 rings (SSSR count). The summed E-state index contributed by atoms with van der Waals surface area (Å²) in [6.45, 7) is 0. The van der Waals surface area contributed by atoms with E-state index in [-0.39, 0.29) is 23.8 Å². The van der Waals surface area contributed by atoms with Gasteiger partial charge in [-0.1, -0.05) is 19.3 Å². The maximum absolute atomic E-state index is 12.9. The third-order valence-electron chi connectivity index (χ3n) is 5.82. The average molecular weight is 388 g/mol. The van der Waals surface area contributed by atoms with Gasteiger partial charge < -0.3 is 5.32 Å². The highest BCUT2D eigenvalue weighted by Gasteiger charge is 2.40. The maximum atomic E-state index is 12.9. The van der Waals surface area contributed by atoms with E-state index < -0.39 is 0 Å². The summed E-state index contributed by atoms with van der Waals surface area (Å²) in [4.78, 5) is 39.8. The number of H-pyrrole nitrogens is 1. The van der Waals surface area contributed by atoms with Crippen molar-refractivity contribution in [1.82, 2.24) is 15.1 Å². The number of carbonyl (C=O) groups excluding carboxylic acids is 3. The normalized spacial score (nSPS) is 17.0. The fourth-order valence-electron chi connectivity index (χ4n) is 4.29. The Morgan fingerprint density at radius 3 is 2.62 bits per heavy atom. The Morgan fingerprint density at radius 1 is 1.00 bits per heavy atom. The largest absolute Gasteiger partial charge is 0.322 e. The van der Waals surface area contributed by atoms with Gasteiger partial charge in [-0.15, -0.1) is 0 Å². The number of hydrogen-bond donors (Lipinski definition) is 2. The molecule has 0 unspecified atom stereocenters. The van der Waals surface area contributed by atoms with Crippen LogP contribution in [-0.2, 0) is 0 Å². The van der Waals surface area contributed by atoms with Crippen LogP contribution in [0.4, 0.5) is 5.69 Å². The molecular formula is C22H20N4O3. The molecule has 0 radical (unpaired) electrons. The minimum atomic E-state index is -0.331. The molecule has 3 amide bonds. The lowest BCUT2D eigenvalue weighted by Crippen LogP contribution is -2.40. The van der Waals surface area contributed by atoms with E-state index in [9.17, 15) is 14.4 Å². The molecule has 2 aromatic carbocycles. The van der Waals surface area contributed by atoms with Gasteiger partial charge in [0.05, 0.1) is 22.8 Å². The van der Waals surface area contributed by atoms with Gasteiger partial charge in [0.1, 0.15) is 0 Å². The summed E-state index contributed by atoms with van der Waals surface area (Å²) in [5.74, 6) is -0.859. The number of carbonyl (C=O) groups is 3. The number of nitrogens with zero attached hydrogens (tertiary/aromatic N) is 2. The Bertz CT molecular complexity index is 1140. The molecule has 0 bridgehead atoms. The van der Waals surface area contributed by atoms with Crippen LogP contribution < -0.4 is 5.32 Å². The summed E-state index contributed by atoms with van der Waals surface area (Å²) in [5, 5.41) is 10.6. The van der Waals surface area contributed by atoms with Crippen LogP contribution >= 0.6 is 0 Å². The zero-order valence-electron chi connectivity index (χ0n) is 15.8. The summed E-state index contributed by atoms with van der Waals surface area (Å²) in [6.07, 6.45) is 6.64. The molecule has 1 saturated carbocycles. The first-order valence-electron chi connectivity index (χ1n) is 9.88. The molecule has 1 fully saturated rings. The third kappa shape index (κ3) is 2.99. The minimum Gasteiger partial charge on any atom is -0.322 e. The zero-order chi connectivity index (χ0) is 20.0. The minimum absolute atomic E-state index is 0.0328. The van der Waals surface area contributed by atoms with Crippen molar-refractivity contribution < 1.29 is 14.4 Å². The van der Waals surface area contributed by atoms with E-state index in [0.29, 0.717) is 22.4 Å². The SMILES string of the molecule is O=C(Nc1ccc2cn[nH]c2c1)c1ccc2c(c1)C(=O)N(C1CCCCC1)C2=O. The molecule has 7 heteroatoms. The predicted octanol–water partition coefficient (Wildman–Crippen LogP) is 3.74. The lowest BCUT2D eigenvalue weighted by molar-refractivity contribution is 0.0549. The highest BCUT2D eigenvalue weighted by Crippen LogP contribution is 2.31. The van der Waals surface area contributed by atoms with Crippen LogP contribution in [0, 0.1) is 0 Å². The fourth-order valence-corrected chi connectivity index (χ4v) is 4.29. The van der Waals surface area contributed by atoms with E-state index in [0.717, 1.165) is 43.0 Å². The number of amides is 3. The second-order valence-electron chi connectivity index (χ2n) is 7.66. The Kier molecular flexibility index (Phi) is 4.16. The molecule has 3 aromatic rings. The monoisotopic (exact) mass is 388 g/mol. The fraction of sp³-hybridized carbons (Fsp3) is 0.273. The second kappa shape index (κ2) is 6.84. The van der Waals surface area contributed by atoms with Gasteiger partial charge >= 0.3 is 0 Å². The van der Waals surface area contributed by atoms with Gasteiger partial charge in [0.25, 0.3) is 17.7 Å². The summed E-state index contributed by atoms with van der Waals surface area (Å²) in [7, 11) is 0. The van der Waals surface area contributed by atoms with Crippen molar-refractivity contribution in [2.75, 3.05) is 5.32 Å². The van der Waals surface area contributed by atoms with Crippen LogP contribution in [-0.4, -0.2) is 38.9 Å². The van der Waals surface area contributed by atoms with E-state index in [1.165, 1.54) is 11.0 Å². The highest BCUT2D eigenvalue weighted by atomic mass is 16.2. The molecule has 2 heterocycles. The first-order chi connectivity index (χ1) is 14.1. The van der Waals surface area contributed by atoms with Gasteiger partial charge in [-0.05, 0) is 49.2 Å². The number of rotatable bonds is 3. The molecule has 146 valence electrons. The summed E-state index contributed by atoms with van der Waals surface area (Å²) >= 11 is 0. The number of anilines is 1. The smallest absolute Gasteiger partial charge is 0.261 e. The summed E-state index contributed by atoms with van der Waals surface area (Å²) in [6, 6.07) is 10.1. The van der Waals surface area contributed by atoms with Gasteiger partial charge in [0.15, 0.2) is 0 Å². The lowest BCUT2D eigenvalue weighted by Gasteiger charge is -2.29. The van der Waals surface area contributed by atoms with Crippen molar-refractivity contribution in [1.29, 1.82) is 0 Å². The quantitative estimate of drug-likeness (QED) is 0.668. The number of aromatic amines is 1. The van der Waals surface area contributed by atoms with Gasteiger partial charge in [-0.3, -0.25) is 24.4 Å². The Labute approximate surface area is 167 Å². The van der Waals surface area contributed by atoms with E-state index in [1.807, 2.05) is 6.07 Å².